The fourth-order valence-electron chi connectivity index (χ4n) is 3.20. The van der Waals surface area contributed by atoms with Gasteiger partial charge in [0.2, 0.25) is 5.75 Å². The van der Waals surface area contributed by atoms with E-state index in [-0.39, 0.29) is 38.8 Å². The Morgan fingerprint density at radius 2 is 1.75 bits per heavy atom. The minimum Gasteiger partial charge on any atom is -0.504 e. The molecule has 8 nitrogen and oxygen atoms in total. The molecule has 3 aromatic carbocycles. The lowest BCUT2D eigenvalue weighted by Gasteiger charge is -2.10. The van der Waals surface area contributed by atoms with Crippen LogP contribution in [-0.4, -0.2) is 26.4 Å². The molecule has 0 radical (unpaired) electrons. The van der Waals surface area contributed by atoms with Crippen molar-refractivity contribution in [2.45, 2.75) is 4.90 Å². The van der Waals surface area contributed by atoms with E-state index in [0.717, 1.165) is 0 Å². The van der Waals surface area contributed by atoms with Gasteiger partial charge in [0.05, 0.1) is 12.0 Å². The van der Waals surface area contributed by atoms with Gasteiger partial charge in [-0.25, -0.2) is 13.2 Å². The predicted molar refractivity (Wildman–Crippen MR) is 118 cm³/mol. The summed E-state index contributed by atoms with van der Waals surface area (Å²) in [5.41, 5.74) is -0.888. The molecule has 0 aliphatic rings. The monoisotopic (exact) mass is 451 g/mol. The second kappa shape index (κ2) is 8.20. The molecule has 162 valence electrons. The molecule has 0 saturated carbocycles. The van der Waals surface area contributed by atoms with Gasteiger partial charge in [-0.3, -0.25) is 9.52 Å². The van der Waals surface area contributed by atoms with E-state index in [4.69, 9.17) is 9.15 Å². The predicted octanol–water partition coefficient (Wildman–Crippen LogP) is 3.54. The normalized spacial score (nSPS) is 11.3. The molecule has 0 unspecified atom stereocenters. The summed E-state index contributed by atoms with van der Waals surface area (Å²) in [6.07, 6.45) is 0. The molecule has 1 aromatic heterocycles. The van der Waals surface area contributed by atoms with E-state index in [1.165, 1.54) is 61.7 Å². The summed E-state index contributed by atoms with van der Waals surface area (Å²) in [5.74, 6) is -0.870. The zero-order chi connectivity index (χ0) is 22.9. The van der Waals surface area contributed by atoms with Crippen LogP contribution in [0.3, 0.4) is 0 Å². The number of ketones is 1. The Hall–Kier alpha value is -4.11. The van der Waals surface area contributed by atoms with Crippen LogP contribution in [0.2, 0.25) is 0 Å². The lowest BCUT2D eigenvalue weighted by Crippen LogP contribution is -2.16. The van der Waals surface area contributed by atoms with Crippen molar-refractivity contribution in [3.63, 3.8) is 0 Å². The van der Waals surface area contributed by atoms with E-state index >= 15 is 0 Å². The van der Waals surface area contributed by atoms with Gasteiger partial charge >= 0.3 is 5.63 Å². The molecular weight excluding hydrogens is 434 g/mol. The fraction of sp³-hybridized carbons (Fsp3) is 0.0435. The number of aromatic hydroxyl groups is 1. The number of anilines is 1. The molecule has 0 atom stereocenters. The highest BCUT2D eigenvalue weighted by atomic mass is 32.2. The third kappa shape index (κ3) is 3.93. The third-order valence-corrected chi connectivity index (χ3v) is 6.11. The summed E-state index contributed by atoms with van der Waals surface area (Å²) in [6, 6.07) is 17.8. The molecule has 4 aromatic rings. The van der Waals surface area contributed by atoms with Gasteiger partial charge in [0.15, 0.2) is 17.1 Å². The SMILES string of the molecule is COc1c(O)ccc2cc(C(=O)c3cccc(NS(=O)(=O)c4ccccc4)c3)c(=O)oc12. The first-order valence-electron chi connectivity index (χ1n) is 9.36. The van der Waals surface area contributed by atoms with E-state index in [1.807, 2.05) is 0 Å². The summed E-state index contributed by atoms with van der Waals surface area (Å²) in [4.78, 5) is 25.6. The summed E-state index contributed by atoms with van der Waals surface area (Å²) < 4.78 is 37.8. The Balaban J connectivity index is 1.70. The standard InChI is InChI=1S/C23H17NO7S/c1-30-22-19(25)11-10-15-13-18(23(27)31-21(15)22)20(26)14-6-5-7-16(12-14)24-32(28,29)17-8-3-2-4-9-17/h2-13,24-25H,1H3. The average molecular weight is 451 g/mol. The Morgan fingerprint density at radius 3 is 2.47 bits per heavy atom. The maximum atomic E-state index is 13.0. The number of hydrogen-bond donors (Lipinski definition) is 2. The van der Waals surface area contributed by atoms with E-state index in [2.05, 4.69) is 4.72 Å². The number of phenols is 1. The number of rotatable bonds is 6. The molecule has 1 heterocycles. The van der Waals surface area contributed by atoms with Gasteiger partial charge in [0.25, 0.3) is 10.0 Å². The topological polar surface area (TPSA) is 123 Å². The number of methoxy groups -OCH3 is 1. The molecule has 0 amide bonds. The molecule has 4 rings (SSSR count). The maximum Gasteiger partial charge on any atom is 0.347 e. The van der Waals surface area contributed by atoms with Gasteiger partial charge in [0, 0.05) is 16.6 Å². The van der Waals surface area contributed by atoms with Crippen LogP contribution in [0, 0.1) is 0 Å². The van der Waals surface area contributed by atoms with Crippen molar-refractivity contribution in [2.75, 3.05) is 11.8 Å². The molecular formula is C23H17NO7S. The quantitative estimate of drug-likeness (QED) is 0.339. The molecule has 0 spiro atoms. The van der Waals surface area contributed by atoms with Gasteiger partial charge in [-0.1, -0.05) is 30.3 Å². The minimum atomic E-state index is -3.85. The van der Waals surface area contributed by atoms with Crippen LogP contribution in [0.25, 0.3) is 11.0 Å². The number of hydrogen-bond acceptors (Lipinski definition) is 7. The van der Waals surface area contributed by atoms with Crippen LogP contribution in [0.15, 0.2) is 86.9 Å². The lowest BCUT2D eigenvalue weighted by atomic mass is 10.0. The second-order valence-electron chi connectivity index (χ2n) is 6.81. The van der Waals surface area contributed by atoms with E-state index in [1.54, 1.807) is 18.2 Å². The summed E-state index contributed by atoms with van der Waals surface area (Å²) in [6.45, 7) is 0. The number of ether oxygens (including phenoxy) is 1. The Bertz CT molecular complexity index is 1490. The second-order valence-corrected chi connectivity index (χ2v) is 8.49. The zero-order valence-corrected chi connectivity index (χ0v) is 17.5. The molecule has 0 bridgehead atoms. The highest BCUT2D eigenvalue weighted by Gasteiger charge is 2.20. The van der Waals surface area contributed by atoms with Gasteiger partial charge in [-0.15, -0.1) is 0 Å². The van der Waals surface area contributed by atoms with Gasteiger partial charge in [-0.05, 0) is 42.5 Å². The summed E-state index contributed by atoms with van der Waals surface area (Å²) >= 11 is 0. The van der Waals surface area contributed by atoms with Crippen molar-refractivity contribution in [1.82, 2.24) is 0 Å². The maximum absolute atomic E-state index is 13.0. The van der Waals surface area contributed by atoms with Crippen LogP contribution in [0.1, 0.15) is 15.9 Å². The summed E-state index contributed by atoms with van der Waals surface area (Å²) in [7, 11) is -2.53. The smallest absolute Gasteiger partial charge is 0.347 e. The van der Waals surface area contributed by atoms with Crippen LogP contribution in [0.5, 0.6) is 11.5 Å². The third-order valence-electron chi connectivity index (χ3n) is 4.72. The van der Waals surface area contributed by atoms with Crippen molar-refractivity contribution in [3.8, 4) is 11.5 Å². The zero-order valence-electron chi connectivity index (χ0n) is 16.7. The number of benzene rings is 3. The van der Waals surface area contributed by atoms with E-state index in [0.29, 0.717) is 5.39 Å². The van der Waals surface area contributed by atoms with Crippen LogP contribution < -0.4 is 15.1 Å². The van der Waals surface area contributed by atoms with Crippen molar-refractivity contribution in [1.29, 1.82) is 0 Å². The fourth-order valence-corrected chi connectivity index (χ4v) is 4.27. The van der Waals surface area contributed by atoms with Crippen molar-refractivity contribution in [2.24, 2.45) is 0 Å². The van der Waals surface area contributed by atoms with Gasteiger partial charge in [0.1, 0.15) is 5.56 Å². The van der Waals surface area contributed by atoms with E-state index < -0.39 is 21.4 Å². The Morgan fingerprint density at radius 1 is 1.00 bits per heavy atom. The number of carbonyl (C=O) groups excluding carboxylic acids is 1. The highest BCUT2D eigenvalue weighted by molar-refractivity contribution is 7.92. The number of phenolic OH excluding ortho intramolecular Hbond substituents is 1. The summed E-state index contributed by atoms with van der Waals surface area (Å²) in [5, 5.41) is 10.2. The van der Waals surface area contributed by atoms with Crippen LogP contribution >= 0.6 is 0 Å². The lowest BCUT2D eigenvalue weighted by molar-refractivity contribution is 0.103. The van der Waals surface area contributed by atoms with Gasteiger partial charge < -0.3 is 14.3 Å². The molecule has 2 N–H and O–H groups in total. The number of sulfonamides is 1. The first-order chi connectivity index (χ1) is 15.3. The number of nitrogens with one attached hydrogen (secondary N) is 1. The van der Waals surface area contributed by atoms with E-state index in [9.17, 15) is 23.1 Å². The molecule has 0 aliphatic carbocycles. The minimum absolute atomic E-state index is 0.0124. The van der Waals surface area contributed by atoms with Gasteiger partial charge in [-0.2, -0.15) is 0 Å². The molecule has 9 heteroatoms. The highest BCUT2D eigenvalue weighted by Crippen LogP contribution is 2.34. The molecule has 32 heavy (non-hydrogen) atoms. The largest absolute Gasteiger partial charge is 0.504 e. The van der Waals surface area contributed by atoms with Crippen molar-refractivity contribution in [3.05, 3.63) is 94.3 Å². The van der Waals surface area contributed by atoms with Crippen molar-refractivity contribution < 1.29 is 27.5 Å². The Kier molecular flexibility index (Phi) is 5.41. The molecule has 0 fully saturated rings. The molecule has 0 saturated heterocycles. The first kappa shape index (κ1) is 21.1. The number of carbonyl (C=O) groups is 1. The number of fused-ring (bicyclic) bond motifs is 1. The Labute approximate surface area is 182 Å². The first-order valence-corrected chi connectivity index (χ1v) is 10.8. The van der Waals surface area contributed by atoms with Crippen molar-refractivity contribution >= 4 is 32.5 Å². The van der Waals surface area contributed by atoms with Crippen LogP contribution in [-0.2, 0) is 10.0 Å². The van der Waals surface area contributed by atoms with Crippen LogP contribution in [0.4, 0.5) is 5.69 Å². The molecule has 0 aliphatic heterocycles. The average Bonchev–Trinajstić information content (AvgIpc) is 2.79.